The van der Waals surface area contributed by atoms with Gasteiger partial charge in [0, 0.05) is 29.5 Å². The third kappa shape index (κ3) is 3.92. The SMILES string of the molecule is COc1ncc(-c2cc(C3C[C@@H]3c3ccc4cnn(C(C)C(F)(F)F)c4c3)c3nccn3n2)c(OC)n1. The molecule has 9 nitrogen and oxygen atoms in total. The molecule has 1 fully saturated rings. The highest BCUT2D eigenvalue weighted by Crippen LogP contribution is 2.56. The van der Waals surface area contributed by atoms with Crippen LogP contribution in [-0.2, 0) is 0 Å². The summed E-state index contributed by atoms with van der Waals surface area (Å²) >= 11 is 0. The van der Waals surface area contributed by atoms with Crippen molar-refractivity contribution in [1.82, 2.24) is 34.3 Å². The second-order valence-electron chi connectivity index (χ2n) is 9.03. The van der Waals surface area contributed by atoms with Crippen LogP contribution in [0.1, 0.15) is 42.3 Å². The highest BCUT2D eigenvalue weighted by atomic mass is 19.4. The summed E-state index contributed by atoms with van der Waals surface area (Å²) in [5.41, 5.74) is 4.34. The van der Waals surface area contributed by atoms with Crippen molar-refractivity contribution in [2.75, 3.05) is 14.2 Å². The van der Waals surface area contributed by atoms with E-state index in [4.69, 9.17) is 9.47 Å². The largest absolute Gasteiger partial charge is 0.480 e. The van der Waals surface area contributed by atoms with Crippen molar-refractivity contribution in [3.63, 3.8) is 0 Å². The van der Waals surface area contributed by atoms with Crippen LogP contribution in [-0.4, -0.2) is 54.7 Å². The van der Waals surface area contributed by atoms with Crippen molar-refractivity contribution in [2.45, 2.75) is 37.4 Å². The third-order valence-corrected chi connectivity index (χ3v) is 6.85. The number of rotatable bonds is 6. The minimum atomic E-state index is -4.39. The van der Waals surface area contributed by atoms with Gasteiger partial charge in [-0.3, -0.25) is 4.68 Å². The topological polar surface area (TPSA) is 92.3 Å². The molecule has 190 valence electrons. The molecule has 0 spiro atoms. The van der Waals surface area contributed by atoms with Crippen LogP contribution in [0.5, 0.6) is 11.9 Å². The molecule has 0 N–H and O–H groups in total. The summed E-state index contributed by atoms with van der Waals surface area (Å²) in [4.78, 5) is 13.0. The van der Waals surface area contributed by atoms with Crippen LogP contribution in [0.15, 0.2) is 49.1 Å². The Bertz CT molecular complexity index is 1630. The van der Waals surface area contributed by atoms with Gasteiger partial charge in [-0.05, 0) is 42.9 Å². The van der Waals surface area contributed by atoms with E-state index in [0.29, 0.717) is 28.0 Å². The zero-order chi connectivity index (χ0) is 25.9. The average Bonchev–Trinajstić information content (AvgIpc) is 3.35. The number of hydrogen-bond donors (Lipinski definition) is 0. The van der Waals surface area contributed by atoms with E-state index in [2.05, 4.69) is 25.1 Å². The first kappa shape index (κ1) is 23.2. The Kier molecular flexibility index (Phi) is 5.28. The zero-order valence-electron chi connectivity index (χ0n) is 20.1. The van der Waals surface area contributed by atoms with E-state index in [1.165, 1.54) is 20.4 Å². The third-order valence-electron chi connectivity index (χ3n) is 6.85. The van der Waals surface area contributed by atoms with Crippen LogP contribution < -0.4 is 9.47 Å². The summed E-state index contributed by atoms with van der Waals surface area (Å²) in [6.45, 7) is 1.11. The van der Waals surface area contributed by atoms with Crippen molar-refractivity contribution in [1.29, 1.82) is 0 Å². The number of halogens is 3. The van der Waals surface area contributed by atoms with E-state index >= 15 is 0 Å². The highest BCUT2D eigenvalue weighted by molar-refractivity contribution is 5.80. The van der Waals surface area contributed by atoms with Gasteiger partial charge in [0.05, 0.1) is 37.2 Å². The molecule has 4 aromatic heterocycles. The molecule has 4 heterocycles. The molecule has 3 atom stereocenters. The Balaban J connectivity index is 1.38. The van der Waals surface area contributed by atoms with Gasteiger partial charge in [0.2, 0.25) is 5.88 Å². The van der Waals surface area contributed by atoms with Crippen LogP contribution in [0.2, 0.25) is 0 Å². The molecule has 5 aromatic rings. The Hall–Kier alpha value is -4.22. The molecule has 1 saturated carbocycles. The normalized spacial score (nSPS) is 18.3. The fourth-order valence-electron chi connectivity index (χ4n) is 4.77. The smallest absolute Gasteiger partial charge is 0.410 e. The van der Waals surface area contributed by atoms with Crippen molar-refractivity contribution < 1.29 is 22.6 Å². The van der Waals surface area contributed by atoms with Gasteiger partial charge in [-0.25, -0.2) is 14.5 Å². The minimum Gasteiger partial charge on any atom is -0.480 e. The van der Waals surface area contributed by atoms with Crippen molar-refractivity contribution >= 4 is 16.6 Å². The van der Waals surface area contributed by atoms with E-state index in [9.17, 15) is 13.2 Å². The maximum atomic E-state index is 13.4. The zero-order valence-corrected chi connectivity index (χ0v) is 20.1. The van der Waals surface area contributed by atoms with Gasteiger partial charge in [-0.2, -0.15) is 28.4 Å². The lowest BCUT2D eigenvalue weighted by Crippen LogP contribution is -2.24. The molecule has 0 saturated heterocycles. The highest BCUT2D eigenvalue weighted by Gasteiger charge is 2.42. The average molecular weight is 509 g/mol. The fraction of sp³-hybridized carbons (Fsp3) is 0.320. The number of ether oxygens (including phenoxy) is 2. The standard InChI is InChI=1S/C25H22F3N7O2/c1-13(25(26,27)28)35-21-8-14(4-5-15(21)11-31-35)16-9-17(16)18-10-20(33-34-7-6-29-22(18)34)19-12-30-24(37-3)32-23(19)36-2/h4-8,10-13,16-17H,9H2,1-3H3/t13?,16-,17?/m1/s1. The van der Waals surface area contributed by atoms with E-state index in [1.54, 1.807) is 23.1 Å². The van der Waals surface area contributed by atoms with Crippen LogP contribution in [0.4, 0.5) is 13.2 Å². The summed E-state index contributed by atoms with van der Waals surface area (Å²) in [5, 5.41) is 9.34. The molecule has 0 amide bonds. The molecule has 2 unspecified atom stereocenters. The van der Waals surface area contributed by atoms with Crippen molar-refractivity contribution in [2.24, 2.45) is 0 Å². The number of aromatic nitrogens is 7. The minimum absolute atomic E-state index is 0.116. The molecule has 1 aromatic carbocycles. The van der Waals surface area contributed by atoms with Gasteiger partial charge >= 0.3 is 12.2 Å². The monoisotopic (exact) mass is 509 g/mol. The molecule has 6 rings (SSSR count). The summed E-state index contributed by atoms with van der Waals surface area (Å²) in [6, 6.07) is 6.03. The second-order valence-corrected chi connectivity index (χ2v) is 9.03. The molecular weight excluding hydrogens is 487 g/mol. The van der Waals surface area contributed by atoms with Gasteiger partial charge in [0.25, 0.3) is 0 Å². The quantitative estimate of drug-likeness (QED) is 0.320. The first-order chi connectivity index (χ1) is 17.8. The number of hydrogen-bond acceptors (Lipinski definition) is 7. The molecule has 0 radical (unpaired) electrons. The van der Waals surface area contributed by atoms with Gasteiger partial charge < -0.3 is 9.47 Å². The van der Waals surface area contributed by atoms with Crippen LogP contribution >= 0.6 is 0 Å². The van der Waals surface area contributed by atoms with E-state index in [0.717, 1.165) is 34.8 Å². The molecule has 37 heavy (non-hydrogen) atoms. The number of imidazole rings is 1. The van der Waals surface area contributed by atoms with Crippen LogP contribution in [0.3, 0.4) is 0 Å². The molecule has 12 heteroatoms. The van der Waals surface area contributed by atoms with Gasteiger partial charge in [0.15, 0.2) is 5.65 Å². The maximum absolute atomic E-state index is 13.4. The summed E-state index contributed by atoms with van der Waals surface area (Å²) < 4.78 is 53.5. The van der Waals surface area contributed by atoms with E-state index in [-0.39, 0.29) is 17.8 Å². The Morgan fingerprint density at radius 1 is 1.05 bits per heavy atom. The van der Waals surface area contributed by atoms with Gasteiger partial charge in [-0.1, -0.05) is 12.1 Å². The lowest BCUT2D eigenvalue weighted by atomic mass is 10.0. The Morgan fingerprint density at radius 2 is 1.89 bits per heavy atom. The predicted molar refractivity (Wildman–Crippen MR) is 128 cm³/mol. The summed E-state index contributed by atoms with van der Waals surface area (Å²) in [6.07, 6.45) is 2.96. The lowest BCUT2D eigenvalue weighted by Gasteiger charge is -2.17. The van der Waals surface area contributed by atoms with Gasteiger partial charge in [0.1, 0.15) is 6.04 Å². The first-order valence-electron chi connectivity index (χ1n) is 11.6. The van der Waals surface area contributed by atoms with Gasteiger partial charge in [-0.15, -0.1) is 0 Å². The molecule has 0 aliphatic heterocycles. The summed E-state index contributed by atoms with van der Waals surface area (Å²) in [7, 11) is 2.99. The lowest BCUT2D eigenvalue weighted by molar-refractivity contribution is -0.164. The fourth-order valence-corrected chi connectivity index (χ4v) is 4.77. The first-order valence-corrected chi connectivity index (χ1v) is 11.6. The number of methoxy groups -OCH3 is 2. The molecule has 1 aliphatic rings. The van der Waals surface area contributed by atoms with E-state index < -0.39 is 12.2 Å². The predicted octanol–water partition coefficient (Wildman–Crippen LogP) is 4.95. The molecule has 0 bridgehead atoms. The van der Waals surface area contributed by atoms with E-state index in [1.807, 2.05) is 24.3 Å². The van der Waals surface area contributed by atoms with Crippen molar-refractivity contribution in [3.05, 3.63) is 60.2 Å². The number of fused-ring (bicyclic) bond motifs is 2. The Morgan fingerprint density at radius 3 is 2.65 bits per heavy atom. The van der Waals surface area contributed by atoms with Crippen LogP contribution in [0.25, 0.3) is 27.8 Å². The molecule has 1 aliphatic carbocycles. The number of alkyl halides is 3. The van der Waals surface area contributed by atoms with Crippen LogP contribution in [0, 0.1) is 0 Å². The molecular formula is C25H22F3N7O2. The van der Waals surface area contributed by atoms with Crippen molar-refractivity contribution in [3.8, 4) is 23.1 Å². The maximum Gasteiger partial charge on any atom is 0.410 e. The second kappa shape index (κ2) is 8.43. The summed E-state index contributed by atoms with van der Waals surface area (Å²) in [5.74, 6) is 0.569. The number of nitrogens with zero attached hydrogens (tertiary/aromatic N) is 7. The number of benzene rings is 1. The Labute approximate surface area is 208 Å².